The van der Waals surface area contributed by atoms with E-state index in [-0.39, 0.29) is 5.91 Å². The Labute approximate surface area is 154 Å². The minimum Gasteiger partial charge on any atom is -0.497 e. The molecule has 3 rings (SSSR count). The van der Waals surface area contributed by atoms with E-state index in [1.165, 1.54) is 12.8 Å². The van der Waals surface area contributed by atoms with Gasteiger partial charge in [0.05, 0.1) is 32.1 Å². The van der Waals surface area contributed by atoms with Crippen LogP contribution in [0.25, 0.3) is 0 Å². The number of hydrogen-bond donors (Lipinski definition) is 0. The number of piperazine rings is 1. The third kappa shape index (κ3) is 4.68. The molecule has 138 valence electrons. The minimum atomic E-state index is 0.213. The van der Waals surface area contributed by atoms with Crippen molar-refractivity contribution in [3.05, 3.63) is 24.3 Å². The van der Waals surface area contributed by atoms with E-state index in [4.69, 9.17) is 9.47 Å². The van der Waals surface area contributed by atoms with E-state index in [9.17, 15) is 4.79 Å². The molecule has 1 aromatic rings. The van der Waals surface area contributed by atoms with Gasteiger partial charge in [0, 0.05) is 30.6 Å². The summed E-state index contributed by atoms with van der Waals surface area (Å²) in [7, 11) is 1.66. The van der Waals surface area contributed by atoms with E-state index in [0.717, 1.165) is 43.5 Å². The Morgan fingerprint density at radius 2 is 2.24 bits per heavy atom. The highest BCUT2D eigenvalue weighted by Gasteiger charge is 2.36. The standard InChI is InChI=1S/C19H28N2O3S/c1-3-5-15-12-24-13-16-11-20(8-9-21(15)16)19(22)14-25-18-7-4-6-17(10-18)23-2/h4,6-7,10,15-16H,3,5,8-9,11-14H2,1-2H3/t15-,16+/m0/s1. The fraction of sp³-hybridized carbons (Fsp3) is 0.632. The molecule has 0 radical (unpaired) electrons. The van der Waals surface area contributed by atoms with E-state index < -0.39 is 0 Å². The highest BCUT2D eigenvalue weighted by Crippen LogP contribution is 2.25. The van der Waals surface area contributed by atoms with Crippen LogP contribution in [0.1, 0.15) is 19.8 Å². The lowest BCUT2D eigenvalue weighted by molar-refractivity contribution is -0.137. The highest BCUT2D eigenvalue weighted by molar-refractivity contribution is 8.00. The second kappa shape index (κ2) is 8.92. The van der Waals surface area contributed by atoms with Gasteiger partial charge in [0.2, 0.25) is 5.91 Å². The first-order valence-electron chi connectivity index (χ1n) is 9.09. The van der Waals surface area contributed by atoms with Crippen LogP contribution in [0.15, 0.2) is 29.2 Å². The Bertz CT molecular complexity index is 582. The molecule has 0 aromatic heterocycles. The summed E-state index contributed by atoms with van der Waals surface area (Å²) in [5.74, 6) is 1.51. The lowest BCUT2D eigenvalue weighted by Crippen LogP contribution is -2.62. The molecule has 2 fully saturated rings. The molecule has 0 N–H and O–H groups in total. The van der Waals surface area contributed by atoms with Crippen LogP contribution in [0.4, 0.5) is 0 Å². The van der Waals surface area contributed by atoms with Crippen LogP contribution < -0.4 is 4.74 Å². The Morgan fingerprint density at radius 1 is 1.36 bits per heavy atom. The predicted molar refractivity (Wildman–Crippen MR) is 100 cm³/mol. The Balaban J connectivity index is 1.52. The van der Waals surface area contributed by atoms with Crippen molar-refractivity contribution in [2.75, 3.05) is 45.7 Å². The van der Waals surface area contributed by atoms with Crippen LogP contribution in [0.3, 0.4) is 0 Å². The smallest absolute Gasteiger partial charge is 0.233 e. The third-order valence-electron chi connectivity index (χ3n) is 5.00. The number of hydrogen-bond acceptors (Lipinski definition) is 5. The maximum Gasteiger partial charge on any atom is 0.233 e. The normalized spacial score (nSPS) is 24.0. The molecular weight excluding hydrogens is 336 g/mol. The molecule has 0 saturated carbocycles. The first-order chi connectivity index (χ1) is 12.2. The molecular formula is C19H28N2O3S. The lowest BCUT2D eigenvalue weighted by Gasteiger charge is -2.48. The topological polar surface area (TPSA) is 42.0 Å². The summed E-state index contributed by atoms with van der Waals surface area (Å²) < 4.78 is 11.0. The summed E-state index contributed by atoms with van der Waals surface area (Å²) in [6, 6.07) is 8.73. The summed E-state index contributed by atoms with van der Waals surface area (Å²) in [6.45, 7) is 6.39. The molecule has 2 saturated heterocycles. The van der Waals surface area contributed by atoms with Gasteiger partial charge in [-0.15, -0.1) is 11.8 Å². The van der Waals surface area contributed by atoms with E-state index >= 15 is 0 Å². The van der Waals surface area contributed by atoms with E-state index in [1.54, 1.807) is 18.9 Å². The molecule has 1 aromatic carbocycles. The molecule has 5 nitrogen and oxygen atoms in total. The van der Waals surface area contributed by atoms with Crippen LogP contribution in [0.2, 0.25) is 0 Å². The van der Waals surface area contributed by atoms with Crippen LogP contribution in [-0.2, 0) is 9.53 Å². The van der Waals surface area contributed by atoms with Gasteiger partial charge < -0.3 is 14.4 Å². The number of ether oxygens (including phenoxy) is 2. The second-order valence-corrected chi connectivity index (χ2v) is 7.73. The monoisotopic (exact) mass is 364 g/mol. The number of benzene rings is 1. The van der Waals surface area contributed by atoms with Crippen molar-refractivity contribution in [2.45, 2.75) is 36.7 Å². The summed E-state index contributed by atoms with van der Waals surface area (Å²) in [5.41, 5.74) is 0. The lowest BCUT2D eigenvalue weighted by atomic mass is 10.0. The Kier molecular flexibility index (Phi) is 6.62. The molecule has 0 aliphatic carbocycles. The van der Waals surface area contributed by atoms with E-state index in [0.29, 0.717) is 17.8 Å². The van der Waals surface area contributed by atoms with Gasteiger partial charge >= 0.3 is 0 Å². The van der Waals surface area contributed by atoms with Crippen molar-refractivity contribution >= 4 is 17.7 Å². The molecule has 0 unspecified atom stereocenters. The quantitative estimate of drug-likeness (QED) is 0.726. The van der Waals surface area contributed by atoms with Crippen molar-refractivity contribution in [1.82, 2.24) is 9.80 Å². The number of nitrogens with zero attached hydrogens (tertiary/aromatic N) is 2. The summed E-state index contributed by atoms with van der Waals surface area (Å²) >= 11 is 1.57. The fourth-order valence-corrected chi connectivity index (χ4v) is 4.52. The molecule has 2 aliphatic heterocycles. The summed E-state index contributed by atoms with van der Waals surface area (Å²) in [5, 5.41) is 0. The van der Waals surface area contributed by atoms with Crippen molar-refractivity contribution in [3.8, 4) is 5.75 Å². The molecule has 0 bridgehead atoms. The van der Waals surface area contributed by atoms with Gasteiger partial charge in [-0.1, -0.05) is 19.4 Å². The van der Waals surface area contributed by atoms with Crippen molar-refractivity contribution < 1.29 is 14.3 Å². The Morgan fingerprint density at radius 3 is 3.04 bits per heavy atom. The van der Waals surface area contributed by atoms with E-state index in [2.05, 4.69) is 11.8 Å². The average molecular weight is 365 g/mol. The minimum absolute atomic E-state index is 0.213. The number of methoxy groups -OCH3 is 1. The van der Waals surface area contributed by atoms with Crippen LogP contribution >= 0.6 is 11.8 Å². The van der Waals surface area contributed by atoms with Gasteiger partial charge in [0.25, 0.3) is 0 Å². The van der Waals surface area contributed by atoms with Crippen molar-refractivity contribution in [2.24, 2.45) is 0 Å². The highest BCUT2D eigenvalue weighted by atomic mass is 32.2. The van der Waals surface area contributed by atoms with Gasteiger partial charge in [-0.25, -0.2) is 0 Å². The van der Waals surface area contributed by atoms with Crippen LogP contribution in [0, 0.1) is 0 Å². The average Bonchev–Trinajstić information content (AvgIpc) is 2.66. The van der Waals surface area contributed by atoms with Crippen molar-refractivity contribution in [3.63, 3.8) is 0 Å². The fourth-order valence-electron chi connectivity index (χ4n) is 3.67. The first kappa shape index (κ1) is 18.5. The number of rotatable bonds is 6. The van der Waals surface area contributed by atoms with Gasteiger partial charge in [-0.2, -0.15) is 0 Å². The Hall–Kier alpha value is -1.24. The zero-order chi connectivity index (χ0) is 17.6. The number of thioether (sulfide) groups is 1. The predicted octanol–water partition coefficient (Wildman–Crippen LogP) is 2.50. The molecule has 1 amide bonds. The van der Waals surface area contributed by atoms with Crippen LogP contribution in [0.5, 0.6) is 5.75 Å². The number of carbonyl (C=O) groups excluding carboxylic acids is 1. The molecule has 2 aliphatic rings. The van der Waals surface area contributed by atoms with Gasteiger partial charge in [0.15, 0.2) is 0 Å². The zero-order valence-corrected chi connectivity index (χ0v) is 16.0. The number of morpholine rings is 1. The maximum atomic E-state index is 12.6. The SMILES string of the molecule is CCC[C@H]1COC[C@H]2CN(C(=O)CSc3cccc(OC)c3)CCN12. The first-order valence-corrected chi connectivity index (χ1v) is 10.1. The van der Waals surface area contributed by atoms with Gasteiger partial charge in [0.1, 0.15) is 5.75 Å². The number of amides is 1. The molecule has 2 atom stereocenters. The largest absolute Gasteiger partial charge is 0.497 e. The number of fused-ring (bicyclic) bond motifs is 1. The second-order valence-electron chi connectivity index (χ2n) is 6.68. The zero-order valence-electron chi connectivity index (χ0n) is 15.1. The van der Waals surface area contributed by atoms with E-state index in [1.807, 2.05) is 29.2 Å². The number of carbonyl (C=O) groups is 1. The molecule has 2 heterocycles. The van der Waals surface area contributed by atoms with Crippen LogP contribution in [-0.4, -0.2) is 73.5 Å². The summed E-state index contributed by atoms with van der Waals surface area (Å²) in [6.07, 6.45) is 2.35. The molecule has 6 heteroatoms. The van der Waals surface area contributed by atoms with Gasteiger partial charge in [-0.3, -0.25) is 9.69 Å². The molecule has 25 heavy (non-hydrogen) atoms. The molecule has 0 spiro atoms. The maximum absolute atomic E-state index is 12.6. The van der Waals surface area contributed by atoms with Gasteiger partial charge in [-0.05, 0) is 24.6 Å². The summed E-state index contributed by atoms with van der Waals surface area (Å²) in [4.78, 5) is 18.3. The third-order valence-corrected chi connectivity index (χ3v) is 5.97. The van der Waals surface area contributed by atoms with Crippen molar-refractivity contribution in [1.29, 1.82) is 0 Å².